The summed E-state index contributed by atoms with van der Waals surface area (Å²) < 4.78 is 0. The number of urea groups is 1. The predicted molar refractivity (Wildman–Crippen MR) is 86.3 cm³/mol. The highest BCUT2D eigenvalue weighted by Crippen LogP contribution is 2.35. The first kappa shape index (κ1) is 15.8. The van der Waals surface area contributed by atoms with Crippen molar-refractivity contribution in [2.45, 2.75) is 37.8 Å². The number of amides is 2. The van der Waals surface area contributed by atoms with E-state index in [-0.39, 0.29) is 17.6 Å². The molecule has 0 radical (unpaired) electrons. The van der Waals surface area contributed by atoms with Crippen LogP contribution in [0.15, 0.2) is 24.3 Å². The van der Waals surface area contributed by atoms with Gasteiger partial charge < -0.3 is 21.3 Å². The number of nitrogens with one attached hydrogen (secondary N) is 2. The van der Waals surface area contributed by atoms with Crippen molar-refractivity contribution < 1.29 is 4.79 Å². The molecule has 0 spiro atoms. The Hall–Kier alpha value is -1.59. The van der Waals surface area contributed by atoms with Crippen molar-refractivity contribution in [1.29, 1.82) is 0 Å². The van der Waals surface area contributed by atoms with Gasteiger partial charge in [-0.1, -0.05) is 12.1 Å². The Balaban J connectivity index is 1.84. The van der Waals surface area contributed by atoms with Gasteiger partial charge in [0.2, 0.25) is 0 Å². The Morgan fingerprint density at radius 1 is 1.33 bits per heavy atom. The fourth-order valence-corrected chi connectivity index (χ4v) is 2.66. The first-order chi connectivity index (χ1) is 9.93. The molecule has 2 rings (SSSR count). The van der Waals surface area contributed by atoms with E-state index in [1.165, 1.54) is 6.42 Å². The fourth-order valence-electron chi connectivity index (χ4n) is 2.66. The molecule has 116 valence electrons. The molecule has 1 aromatic rings. The summed E-state index contributed by atoms with van der Waals surface area (Å²) >= 11 is 0. The largest absolute Gasteiger partial charge is 0.336 e. The Kier molecular flexibility index (Phi) is 4.85. The zero-order valence-electron chi connectivity index (χ0n) is 13.1. The van der Waals surface area contributed by atoms with Gasteiger partial charge in [0.05, 0.1) is 0 Å². The van der Waals surface area contributed by atoms with Crippen LogP contribution in [0.4, 0.5) is 10.5 Å². The molecule has 1 unspecified atom stereocenters. The van der Waals surface area contributed by atoms with Gasteiger partial charge in [-0.25, -0.2) is 4.79 Å². The van der Waals surface area contributed by atoms with Crippen LogP contribution in [0.5, 0.6) is 0 Å². The highest BCUT2D eigenvalue weighted by molar-refractivity contribution is 5.89. The number of carbonyl (C=O) groups is 1. The number of nitrogens with zero attached hydrogens (tertiary/aromatic N) is 1. The van der Waals surface area contributed by atoms with Crippen molar-refractivity contribution in [2.24, 2.45) is 5.73 Å². The van der Waals surface area contributed by atoms with Crippen LogP contribution in [0.3, 0.4) is 0 Å². The van der Waals surface area contributed by atoms with Gasteiger partial charge in [0.15, 0.2) is 0 Å². The van der Waals surface area contributed by atoms with E-state index in [0.29, 0.717) is 6.54 Å². The van der Waals surface area contributed by atoms with Crippen LogP contribution in [0, 0.1) is 0 Å². The molecular weight excluding hydrogens is 264 g/mol. The summed E-state index contributed by atoms with van der Waals surface area (Å²) in [7, 11) is 4.15. The molecule has 21 heavy (non-hydrogen) atoms. The molecule has 4 N–H and O–H groups in total. The van der Waals surface area contributed by atoms with E-state index in [4.69, 9.17) is 5.73 Å². The van der Waals surface area contributed by atoms with Crippen molar-refractivity contribution in [3.05, 3.63) is 29.8 Å². The number of hydrogen-bond donors (Lipinski definition) is 3. The van der Waals surface area contributed by atoms with Gasteiger partial charge in [-0.05, 0) is 58.0 Å². The summed E-state index contributed by atoms with van der Waals surface area (Å²) in [4.78, 5) is 14.2. The van der Waals surface area contributed by atoms with Crippen LogP contribution in [0.1, 0.15) is 37.8 Å². The van der Waals surface area contributed by atoms with Crippen LogP contribution < -0.4 is 16.4 Å². The number of carbonyl (C=O) groups excluding carboxylic acids is 1. The number of hydrogen-bond acceptors (Lipinski definition) is 3. The lowest BCUT2D eigenvalue weighted by molar-refractivity contribution is 0.0630. The normalized spacial score (nSPS) is 18.0. The van der Waals surface area contributed by atoms with Crippen molar-refractivity contribution >= 4 is 11.7 Å². The summed E-state index contributed by atoms with van der Waals surface area (Å²) in [6.45, 7) is 2.62. The molecule has 5 nitrogen and oxygen atoms in total. The molecule has 1 aromatic carbocycles. The molecule has 1 atom stereocenters. The SMILES string of the molecule is CC(N)c1ccc(NC(=O)NCC2(N(C)C)CCC2)cc1. The van der Waals surface area contributed by atoms with Gasteiger partial charge in [0.25, 0.3) is 0 Å². The van der Waals surface area contributed by atoms with Crippen LogP contribution in [0.25, 0.3) is 0 Å². The molecule has 0 bridgehead atoms. The van der Waals surface area contributed by atoms with E-state index in [1.807, 2.05) is 31.2 Å². The van der Waals surface area contributed by atoms with E-state index in [2.05, 4.69) is 29.6 Å². The highest BCUT2D eigenvalue weighted by atomic mass is 16.2. The lowest BCUT2D eigenvalue weighted by Gasteiger charge is -2.47. The smallest absolute Gasteiger partial charge is 0.319 e. The minimum Gasteiger partial charge on any atom is -0.336 e. The van der Waals surface area contributed by atoms with Gasteiger partial charge in [-0.2, -0.15) is 0 Å². The van der Waals surface area contributed by atoms with Gasteiger partial charge in [-0.3, -0.25) is 0 Å². The van der Waals surface area contributed by atoms with Gasteiger partial charge in [-0.15, -0.1) is 0 Å². The topological polar surface area (TPSA) is 70.4 Å². The van der Waals surface area contributed by atoms with Crippen molar-refractivity contribution in [1.82, 2.24) is 10.2 Å². The average Bonchev–Trinajstić information content (AvgIpc) is 2.37. The molecule has 0 aromatic heterocycles. The summed E-state index contributed by atoms with van der Waals surface area (Å²) in [6, 6.07) is 7.48. The van der Waals surface area contributed by atoms with E-state index in [1.54, 1.807) is 0 Å². The number of likely N-dealkylation sites (N-methyl/N-ethyl adjacent to an activating group) is 1. The number of benzene rings is 1. The van der Waals surface area contributed by atoms with E-state index < -0.39 is 0 Å². The lowest BCUT2D eigenvalue weighted by atomic mass is 9.75. The monoisotopic (exact) mass is 290 g/mol. The molecule has 1 aliphatic carbocycles. The van der Waals surface area contributed by atoms with Crippen LogP contribution >= 0.6 is 0 Å². The fraction of sp³-hybridized carbons (Fsp3) is 0.562. The zero-order valence-corrected chi connectivity index (χ0v) is 13.1. The Morgan fingerprint density at radius 2 is 1.95 bits per heavy atom. The second kappa shape index (κ2) is 6.45. The summed E-state index contributed by atoms with van der Waals surface area (Å²) in [6.07, 6.45) is 3.52. The van der Waals surface area contributed by atoms with Crippen molar-refractivity contribution in [2.75, 3.05) is 26.0 Å². The Bertz CT molecular complexity index is 478. The maximum atomic E-state index is 12.0. The second-order valence-electron chi connectivity index (χ2n) is 6.19. The standard InChI is InChI=1S/C16H26N4O/c1-12(17)13-5-7-14(8-6-13)19-15(21)18-11-16(20(2)3)9-4-10-16/h5-8,12H,4,9-11,17H2,1-3H3,(H2,18,19,21). The van der Waals surface area contributed by atoms with E-state index in [0.717, 1.165) is 24.1 Å². The van der Waals surface area contributed by atoms with E-state index >= 15 is 0 Å². The second-order valence-corrected chi connectivity index (χ2v) is 6.19. The maximum Gasteiger partial charge on any atom is 0.319 e. The molecule has 2 amide bonds. The molecule has 0 saturated heterocycles. The third-order valence-electron chi connectivity index (χ3n) is 4.51. The maximum absolute atomic E-state index is 12.0. The number of anilines is 1. The van der Waals surface area contributed by atoms with E-state index in [9.17, 15) is 4.79 Å². The molecule has 0 aliphatic heterocycles. The molecular formula is C16H26N4O. The quantitative estimate of drug-likeness (QED) is 0.779. The third-order valence-corrected chi connectivity index (χ3v) is 4.51. The Morgan fingerprint density at radius 3 is 2.38 bits per heavy atom. The third kappa shape index (κ3) is 3.74. The number of rotatable bonds is 5. The van der Waals surface area contributed by atoms with Crippen LogP contribution in [-0.2, 0) is 0 Å². The average molecular weight is 290 g/mol. The first-order valence-corrected chi connectivity index (χ1v) is 7.51. The summed E-state index contributed by atoms with van der Waals surface area (Å²) in [5.41, 5.74) is 7.78. The first-order valence-electron chi connectivity index (χ1n) is 7.51. The van der Waals surface area contributed by atoms with Crippen molar-refractivity contribution in [3.8, 4) is 0 Å². The van der Waals surface area contributed by atoms with Crippen LogP contribution in [0.2, 0.25) is 0 Å². The molecule has 5 heteroatoms. The lowest BCUT2D eigenvalue weighted by Crippen LogP contribution is -2.57. The zero-order chi connectivity index (χ0) is 15.5. The number of nitrogens with two attached hydrogens (primary N) is 1. The minimum absolute atomic E-state index is 0.00597. The molecule has 0 heterocycles. The van der Waals surface area contributed by atoms with Gasteiger partial charge in [0.1, 0.15) is 0 Å². The highest BCUT2D eigenvalue weighted by Gasteiger charge is 2.39. The minimum atomic E-state index is -0.156. The van der Waals surface area contributed by atoms with Gasteiger partial charge >= 0.3 is 6.03 Å². The molecule has 1 fully saturated rings. The van der Waals surface area contributed by atoms with Crippen molar-refractivity contribution in [3.63, 3.8) is 0 Å². The Labute approximate surface area is 126 Å². The summed E-state index contributed by atoms with van der Waals surface area (Å²) in [5, 5.41) is 5.83. The molecule has 1 saturated carbocycles. The summed E-state index contributed by atoms with van der Waals surface area (Å²) in [5.74, 6) is 0. The predicted octanol–water partition coefficient (Wildman–Crippen LogP) is 2.31. The van der Waals surface area contributed by atoms with Gasteiger partial charge in [0, 0.05) is 23.8 Å². The molecule has 1 aliphatic rings. The van der Waals surface area contributed by atoms with Crippen LogP contribution in [-0.4, -0.2) is 37.1 Å².